The van der Waals surface area contributed by atoms with Crippen molar-refractivity contribution in [3.8, 4) is 5.75 Å². The van der Waals surface area contributed by atoms with Crippen LogP contribution in [-0.4, -0.2) is 40.6 Å². The first-order chi connectivity index (χ1) is 12.2. The summed E-state index contributed by atoms with van der Waals surface area (Å²) in [5.41, 5.74) is 1.16. The molecule has 0 aliphatic carbocycles. The second-order valence-corrected chi connectivity index (χ2v) is 6.93. The van der Waals surface area contributed by atoms with Crippen molar-refractivity contribution in [3.05, 3.63) is 41.5 Å². The van der Waals surface area contributed by atoms with Gasteiger partial charge in [-0.3, -0.25) is 4.79 Å². The number of para-hydroxylation sites is 1. The summed E-state index contributed by atoms with van der Waals surface area (Å²) in [7, 11) is 0. The molecular formula is C19H23N3O3. The Hall–Kier alpha value is -2.37. The first-order valence-electron chi connectivity index (χ1n) is 9.00. The zero-order chi connectivity index (χ0) is 17.2. The Morgan fingerprint density at radius 2 is 2.20 bits per heavy atom. The van der Waals surface area contributed by atoms with Crippen LogP contribution in [0.3, 0.4) is 0 Å². The van der Waals surface area contributed by atoms with E-state index in [1.165, 1.54) is 0 Å². The molecule has 3 heterocycles. The molecule has 2 aromatic rings. The number of piperidine rings is 1. The molecule has 1 aromatic carbocycles. The van der Waals surface area contributed by atoms with E-state index in [1.54, 1.807) is 6.92 Å². The van der Waals surface area contributed by atoms with Crippen molar-refractivity contribution in [2.75, 3.05) is 19.7 Å². The van der Waals surface area contributed by atoms with Crippen LogP contribution in [0, 0.1) is 6.92 Å². The van der Waals surface area contributed by atoms with Crippen LogP contribution in [0.5, 0.6) is 5.75 Å². The number of carbonyl (C=O) groups is 1. The van der Waals surface area contributed by atoms with Crippen LogP contribution in [0.1, 0.15) is 54.8 Å². The molecule has 0 spiro atoms. The number of amides is 1. The maximum absolute atomic E-state index is 12.9. The Morgan fingerprint density at radius 3 is 3.04 bits per heavy atom. The van der Waals surface area contributed by atoms with Gasteiger partial charge in [0.2, 0.25) is 11.8 Å². The number of aryl methyl sites for hydroxylation is 1. The first kappa shape index (κ1) is 16.1. The van der Waals surface area contributed by atoms with Crippen LogP contribution < -0.4 is 4.74 Å². The fourth-order valence-corrected chi connectivity index (χ4v) is 3.86. The molecule has 1 saturated heterocycles. The molecule has 0 radical (unpaired) electrons. The summed E-state index contributed by atoms with van der Waals surface area (Å²) >= 11 is 0. The number of likely N-dealkylation sites (tertiary alicyclic amines) is 1. The van der Waals surface area contributed by atoms with Gasteiger partial charge in [0.1, 0.15) is 5.75 Å². The molecule has 6 heteroatoms. The molecule has 4 rings (SSSR count). The second-order valence-electron chi connectivity index (χ2n) is 6.93. The lowest BCUT2D eigenvalue weighted by molar-refractivity contribution is -0.133. The SMILES string of the molecule is Cc1nc(C2CCCN(C(=O)CC3CCOc4ccccc43)C2)no1. The van der Waals surface area contributed by atoms with Gasteiger partial charge in [-0.1, -0.05) is 23.4 Å². The number of ether oxygens (including phenoxy) is 1. The van der Waals surface area contributed by atoms with Gasteiger partial charge in [-0.05, 0) is 36.8 Å². The Labute approximate surface area is 147 Å². The van der Waals surface area contributed by atoms with Crippen molar-refractivity contribution in [3.63, 3.8) is 0 Å². The standard InChI is InChI=1S/C19H23N3O3/c1-13-20-19(21-25-13)15-5-4-9-22(12-15)18(23)11-14-8-10-24-17-7-3-2-6-16(14)17/h2-3,6-7,14-15H,4-5,8-12H2,1H3. The van der Waals surface area contributed by atoms with E-state index in [1.807, 2.05) is 23.1 Å². The quantitative estimate of drug-likeness (QED) is 0.858. The van der Waals surface area contributed by atoms with E-state index in [4.69, 9.17) is 9.26 Å². The summed E-state index contributed by atoms with van der Waals surface area (Å²) in [5, 5.41) is 4.04. The van der Waals surface area contributed by atoms with Crippen molar-refractivity contribution < 1.29 is 14.1 Å². The highest BCUT2D eigenvalue weighted by Crippen LogP contribution is 2.36. The molecule has 0 bridgehead atoms. The van der Waals surface area contributed by atoms with Crippen molar-refractivity contribution >= 4 is 5.91 Å². The van der Waals surface area contributed by atoms with Crippen LogP contribution in [0.25, 0.3) is 0 Å². The summed E-state index contributed by atoms with van der Waals surface area (Å²) in [6, 6.07) is 8.06. The molecule has 1 fully saturated rings. The number of fused-ring (bicyclic) bond motifs is 1. The first-order valence-corrected chi connectivity index (χ1v) is 9.00. The lowest BCUT2D eigenvalue weighted by Crippen LogP contribution is -2.40. The normalized spacial score (nSPS) is 23.0. The van der Waals surface area contributed by atoms with E-state index < -0.39 is 0 Å². The van der Waals surface area contributed by atoms with E-state index in [-0.39, 0.29) is 17.7 Å². The number of benzene rings is 1. The van der Waals surface area contributed by atoms with E-state index in [0.29, 0.717) is 25.5 Å². The third kappa shape index (κ3) is 3.38. The average Bonchev–Trinajstić information content (AvgIpc) is 3.09. The van der Waals surface area contributed by atoms with E-state index in [2.05, 4.69) is 16.2 Å². The number of hydrogen-bond donors (Lipinski definition) is 0. The monoisotopic (exact) mass is 341 g/mol. The zero-order valence-corrected chi connectivity index (χ0v) is 14.5. The minimum absolute atomic E-state index is 0.178. The van der Waals surface area contributed by atoms with Gasteiger partial charge in [0.05, 0.1) is 6.61 Å². The fraction of sp³-hybridized carbons (Fsp3) is 0.526. The molecule has 1 aromatic heterocycles. The summed E-state index contributed by atoms with van der Waals surface area (Å²) in [6.07, 6.45) is 3.42. The highest BCUT2D eigenvalue weighted by Gasteiger charge is 2.30. The van der Waals surface area contributed by atoms with Crippen LogP contribution >= 0.6 is 0 Å². The molecule has 1 amide bonds. The molecular weight excluding hydrogens is 318 g/mol. The number of nitrogens with zero attached hydrogens (tertiary/aromatic N) is 3. The van der Waals surface area contributed by atoms with Crippen LogP contribution in [-0.2, 0) is 4.79 Å². The third-order valence-corrected chi connectivity index (χ3v) is 5.19. The predicted octanol–water partition coefficient (Wildman–Crippen LogP) is 3.04. The Kier molecular flexibility index (Phi) is 4.42. The van der Waals surface area contributed by atoms with Crippen molar-refractivity contribution in [1.29, 1.82) is 0 Å². The summed E-state index contributed by atoms with van der Waals surface area (Å²) in [5.74, 6) is 2.86. The Balaban J connectivity index is 1.43. The fourth-order valence-electron chi connectivity index (χ4n) is 3.86. The molecule has 0 saturated carbocycles. The molecule has 2 aliphatic heterocycles. The minimum Gasteiger partial charge on any atom is -0.493 e. The largest absolute Gasteiger partial charge is 0.493 e. The van der Waals surface area contributed by atoms with Crippen LogP contribution in [0.15, 0.2) is 28.8 Å². The Bertz CT molecular complexity index is 758. The zero-order valence-electron chi connectivity index (χ0n) is 14.5. The highest BCUT2D eigenvalue weighted by atomic mass is 16.5. The lowest BCUT2D eigenvalue weighted by atomic mass is 9.89. The highest BCUT2D eigenvalue weighted by molar-refractivity contribution is 5.77. The molecule has 132 valence electrons. The lowest BCUT2D eigenvalue weighted by Gasteiger charge is -2.33. The maximum atomic E-state index is 12.9. The molecule has 2 unspecified atom stereocenters. The Morgan fingerprint density at radius 1 is 1.32 bits per heavy atom. The van der Waals surface area contributed by atoms with Gasteiger partial charge in [0.15, 0.2) is 5.82 Å². The van der Waals surface area contributed by atoms with Crippen LogP contribution in [0.4, 0.5) is 0 Å². The van der Waals surface area contributed by atoms with Gasteiger partial charge in [0.25, 0.3) is 0 Å². The van der Waals surface area contributed by atoms with E-state index in [9.17, 15) is 4.79 Å². The molecule has 6 nitrogen and oxygen atoms in total. The number of hydrogen-bond acceptors (Lipinski definition) is 5. The van der Waals surface area contributed by atoms with Gasteiger partial charge < -0.3 is 14.2 Å². The van der Waals surface area contributed by atoms with Crippen molar-refractivity contribution in [1.82, 2.24) is 15.0 Å². The van der Waals surface area contributed by atoms with Gasteiger partial charge in [-0.2, -0.15) is 4.98 Å². The average molecular weight is 341 g/mol. The molecule has 2 atom stereocenters. The molecule has 0 N–H and O–H groups in total. The van der Waals surface area contributed by atoms with Crippen LogP contribution in [0.2, 0.25) is 0 Å². The van der Waals surface area contributed by atoms with E-state index in [0.717, 1.165) is 42.9 Å². The third-order valence-electron chi connectivity index (χ3n) is 5.19. The van der Waals surface area contributed by atoms with E-state index >= 15 is 0 Å². The van der Waals surface area contributed by atoms with Gasteiger partial charge in [-0.15, -0.1) is 0 Å². The number of aromatic nitrogens is 2. The molecule has 25 heavy (non-hydrogen) atoms. The van der Waals surface area contributed by atoms with Gasteiger partial charge in [0, 0.05) is 32.4 Å². The predicted molar refractivity (Wildman–Crippen MR) is 91.5 cm³/mol. The minimum atomic E-state index is 0.178. The number of rotatable bonds is 3. The summed E-state index contributed by atoms with van der Waals surface area (Å²) in [6.45, 7) is 3.98. The molecule has 2 aliphatic rings. The maximum Gasteiger partial charge on any atom is 0.223 e. The smallest absolute Gasteiger partial charge is 0.223 e. The van der Waals surface area contributed by atoms with Gasteiger partial charge in [-0.25, -0.2) is 0 Å². The topological polar surface area (TPSA) is 68.5 Å². The second kappa shape index (κ2) is 6.86. The summed E-state index contributed by atoms with van der Waals surface area (Å²) < 4.78 is 10.8. The van der Waals surface area contributed by atoms with Gasteiger partial charge >= 0.3 is 0 Å². The number of carbonyl (C=O) groups excluding carboxylic acids is 1. The van der Waals surface area contributed by atoms with Crippen molar-refractivity contribution in [2.24, 2.45) is 0 Å². The van der Waals surface area contributed by atoms with Crippen molar-refractivity contribution in [2.45, 2.75) is 44.4 Å². The summed E-state index contributed by atoms with van der Waals surface area (Å²) in [4.78, 5) is 19.2.